The fourth-order valence-electron chi connectivity index (χ4n) is 1.98. The molecule has 0 atom stereocenters. The average molecular weight is 260 g/mol. The normalized spacial score (nSPS) is 10.5. The van der Waals surface area contributed by atoms with E-state index in [-0.39, 0.29) is 17.8 Å². The monoisotopic (exact) mass is 260 g/mol. The summed E-state index contributed by atoms with van der Waals surface area (Å²) >= 11 is 0. The quantitative estimate of drug-likeness (QED) is 0.762. The molecule has 2 aromatic rings. The summed E-state index contributed by atoms with van der Waals surface area (Å²) in [6, 6.07) is 8.69. The lowest BCUT2D eigenvalue weighted by Crippen LogP contribution is -2.07. The van der Waals surface area contributed by atoms with E-state index in [4.69, 9.17) is 0 Å². The molecule has 1 nitrogen and oxygen atoms in total. The van der Waals surface area contributed by atoms with Crippen LogP contribution in [0.2, 0.25) is 0 Å². The Hall–Kier alpha value is -2.03. The average Bonchev–Trinajstić information content (AvgIpc) is 2.36. The number of aryl methyl sites for hydroxylation is 2. The predicted octanol–water partition coefficient (Wildman–Crippen LogP) is 4.01. The standard InChI is InChI=1S/C16H14F2O/c1-10-3-4-11(2)14(7-10)16(19)9-12-8-13(17)5-6-15(12)18/h3-8H,9H2,1-2H3. The number of carbonyl (C=O) groups is 1. The topological polar surface area (TPSA) is 17.1 Å². The lowest BCUT2D eigenvalue weighted by atomic mass is 9.97. The molecule has 0 heterocycles. The minimum atomic E-state index is -0.556. The largest absolute Gasteiger partial charge is 0.294 e. The number of rotatable bonds is 3. The van der Waals surface area contributed by atoms with E-state index in [1.807, 2.05) is 26.0 Å². The van der Waals surface area contributed by atoms with Gasteiger partial charge in [-0.25, -0.2) is 8.78 Å². The third-order valence-electron chi connectivity index (χ3n) is 3.05. The summed E-state index contributed by atoms with van der Waals surface area (Å²) in [5.41, 5.74) is 2.45. The van der Waals surface area contributed by atoms with E-state index in [1.54, 1.807) is 6.07 Å². The molecule has 98 valence electrons. The van der Waals surface area contributed by atoms with Crippen molar-refractivity contribution in [1.82, 2.24) is 0 Å². The Bertz CT molecular complexity index is 633. The van der Waals surface area contributed by atoms with Crippen molar-refractivity contribution in [3.05, 3.63) is 70.3 Å². The molecule has 0 aliphatic rings. The molecule has 0 aromatic heterocycles. The van der Waals surface area contributed by atoms with Gasteiger partial charge in [0.25, 0.3) is 0 Å². The molecule has 0 saturated carbocycles. The van der Waals surface area contributed by atoms with Crippen LogP contribution in [0.25, 0.3) is 0 Å². The smallest absolute Gasteiger partial charge is 0.167 e. The predicted molar refractivity (Wildman–Crippen MR) is 70.3 cm³/mol. The number of ketones is 1. The molecule has 3 heteroatoms. The molecule has 0 radical (unpaired) electrons. The number of halogens is 2. The molecule has 0 spiro atoms. The van der Waals surface area contributed by atoms with Gasteiger partial charge >= 0.3 is 0 Å². The van der Waals surface area contributed by atoms with E-state index >= 15 is 0 Å². The molecule has 0 N–H and O–H groups in total. The van der Waals surface area contributed by atoms with Gasteiger partial charge in [-0.15, -0.1) is 0 Å². The number of benzene rings is 2. The number of hydrogen-bond donors (Lipinski definition) is 0. The van der Waals surface area contributed by atoms with Crippen LogP contribution >= 0.6 is 0 Å². The minimum Gasteiger partial charge on any atom is -0.294 e. The maximum Gasteiger partial charge on any atom is 0.167 e. The Kier molecular flexibility index (Phi) is 3.74. The van der Waals surface area contributed by atoms with Crippen LogP contribution in [0.4, 0.5) is 8.78 Å². The molecule has 0 saturated heterocycles. The number of carbonyl (C=O) groups excluding carboxylic acids is 1. The maximum atomic E-state index is 13.5. The third-order valence-corrected chi connectivity index (χ3v) is 3.05. The number of hydrogen-bond acceptors (Lipinski definition) is 1. The molecule has 2 aromatic carbocycles. The van der Waals surface area contributed by atoms with E-state index in [1.165, 1.54) is 0 Å². The Morgan fingerprint density at radius 3 is 2.53 bits per heavy atom. The zero-order valence-electron chi connectivity index (χ0n) is 10.8. The Balaban J connectivity index is 2.30. The molecule has 0 fully saturated rings. The molecular formula is C16H14F2O. The van der Waals surface area contributed by atoms with Gasteiger partial charge in [0.2, 0.25) is 0 Å². The molecule has 19 heavy (non-hydrogen) atoms. The highest BCUT2D eigenvalue weighted by Gasteiger charge is 2.13. The summed E-state index contributed by atoms with van der Waals surface area (Å²) in [6.45, 7) is 3.72. The first-order valence-corrected chi connectivity index (χ1v) is 6.02. The van der Waals surface area contributed by atoms with Crippen molar-refractivity contribution in [2.24, 2.45) is 0 Å². The van der Waals surface area contributed by atoms with Gasteiger partial charge in [0.1, 0.15) is 11.6 Å². The first-order chi connectivity index (χ1) is 8.97. The first kappa shape index (κ1) is 13.4. The van der Waals surface area contributed by atoms with Crippen LogP contribution < -0.4 is 0 Å². The number of Topliss-reactive ketones (excluding diaryl/α,β-unsaturated/α-hetero) is 1. The summed E-state index contributed by atoms with van der Waals surface area (Å²) in [5.74, 6) is -1.30. The second-order valence-electron chi connectivity index (χ2n) is 4.65. The van der Waals surface area contributed by atoms with Crippen LogP contribution in [0.3, 0.4) is 0 Å². The maximum absolute atomic E-state index is 13.5. The molecule has 0 unspecified atom stereocenters. The zero-order valence-corrected chi connectivity index (χ0v) is 10.8. The van der Waals surface area contributed by atoms with Crippen LogP contribution in [-0.4, -0.2) is 5.78 Å². The van der Waals surface area contributed by atoms with Crippen molar-refractivity contribution in [3.8, 4) is 0 Å². The van der Waals surface area contributed by atoms with Crippen molar-refractivity contribution in [1.29, 1.82) is 0 Å². The van der Waals surface area contributed by atoms with Gasteiger partial charge in [0.05, 0.1) is 0 Å². The second kappa shape index (κ2) is 5.31. The lowest BCUT2D eigenvalue weighted by molar-refractivity contribution is 0.0991. The second-order valence-corrected chi connectivity index (χ2v) is 4.65. The van der Waals surface area contributed by atoms with Gasteiger partial charge in [0.15, 0.2) is 5.78 Å². The van der Waals surface area contributed by atoms with E-state index in [0.29, 0.717) is 5.56 Å². The summed E-state index contributed by atoms with van der Waals surface area (Å²) in [7, 11) is 0. The minimum absolute atomic E-state index is 0.0888. The molecule has 0 amide bonds. The Morgan fingerprint density at radius 1 is 1.05 bits per heavy atom. The van der Waals surface area contributed by atoms with Crippen molar-refractivity contribution < 1.29 is 13.6 Å². The molecule has 2 rings (SSSR count). The summed E-state index contributed by atoms with van der Waals surface area (Å²) < 4.78 is 26.6. The van der Waals surface area contributed by atoms with Gasteiger partial charge in [-0.2, -0.15) is 0 Å². The molecular weight excluding hydrogens is 246 g/mol. The summed E-state index contributed by atoms with van der Waals surface area (Å²) in [5, 5.41) is 0. The van der Waals surface area contributed by atoms with Crippen molar-refractivity contribution >= 4 is 5.78 Å². The van der Waals surface area contributed by atoms with E-state index in [2.05, 4.69) is 0 Å². The van der Waals surface area contributed by atoms with Crippen LogP contribution in [0, 0.1) is 25.5 Å². The van der Waals surface area contributed by atoms with Gasteiger partial charge in [-0.3, -0.25) is 4.79 Å². The van der Waals surface area contributed by atoms with E-state index in [9.17, 15) is 13.6 Å². The summed E-state index contributed by atoms with van der Waals surface area (Å²) in [6.07, 6.45) is -0.131. The van der Waals surface area contributed by atoms with Gasteiger partial charge in [-0.05, 0) is 49.2 Å². The van der Waals surface area contributed by atoms with Crippen molar-refractivity contribution in [2.45, 2.75) is 20.3 Å². The summed E-state index contributed by atoms with van der Waals surface area (Å²) in [4.78, 5) is 12.2. The van der Waals surface area contributed by atoms with Crippen LogP contribution in [0.15, 0.2) is 36.4 Å². The van der Waals surface area contributed by atoms with Crippen LogP contribution in [0.5, 0.6) is 0 Å². The van der Waals surface area contributed by atoms with E-state index in [0.717, 1.165) is 29.3 Å². The van der Waals surface area contributed by atoms with Gasteiger partial charge in [-0.1, -0.05) is 17.7 Å². The van der Waals surface area contributed by atoms with Gasteiger partial charge in [0, 0.05) is 12.0 Å². The lowest BCUT2D eigenvalue weighted by Gasteiger charge is -2.07. The van der Waals surface area contributed by atoms with Crippen LogP contribution in [0.1, 0.15) is 27.0 Å². The molecule has 0 aliphatic carbocycles. The fraction of sp³-hybridized carbons (Fsp3) is 0.188. The fourth-order valence-corrected chi connectivity index (χ4v) is 1.98. The zero-order chi connectivity index (χ0) is 14.0. The molecule has 0 aliphatic heterocycles. The first-order valence-electron chi connectivity index (χ1n) is 6.02. The highest BCUT2D eigenvalue weighted by atomic mass is 19.1. The third kappa shape index (κ3) is 3.05. The Labute approximate surface area is 110 Å². The SMILES string of the molecule is Cc1ccc(C)c(C(=O)Cc2cc(F)ccc2F)c1. The van der Waals surface area contributed by atoms with Crippen molar-refractivity contribution in [3.63, 3.8) is 0 Å². The molecule has 0 bridgehead atoms. The van der Waals surface area contributed by atoms with Gasteiger partial charge < -0.3 is 0 Å². The Morgan fingerprint density at radius 2 is 1.79 bits per heavy atom. The highest BCUT2D eigenvalue weighted by Crippen LogP contribution is 2.16. The van der Waals surface area contributed by atoms with E-state index < -0.39 is 11.6 Å². The van der Waals surface area contributed by atoms with Crippen LogP contribution in [-0.2, 0) is 6.42 Å². The highest BCUT2D eigenvalue weighted by molar-refractivity contribution is 5.99. The van der Waals surface area contributed by atoms with Crippen molar-refractivity contribution in [2.75, 3.05) is 0 Å².